The van der Waals surface area contributed by atoms with Crippen LogP contribution in [0.5, 0.6) is 0 Å². The van der Waals surface area contributed by atoms with Gasteiger partial charge in [-0.2, -0.15) is 0 Å². The van der Waals surface area contributed by atoms with Gasteiger partial charge in [0.2, 0.25) is 0 Å². The number of hydrogen-bond donors (Lipinski definition) is 2. The summed E-state index contributed by atoms with van der Waals surface area (Å²) in [5.74, 6) is -0.393. The molecule has 7 heteroatoms. The Labute approximate surface area is 127 Å². The number of hydrogen-bond acceptors (Lipinski definition) is 6. The molecule has 0 amide bonds. The Morgan fingerprint density at radius 2 is 2.43 bits per heavy atom. The molecular formula is C14H17ClN2O4. The summed E-state index contributed by atoms with van der Waals surface area (Å²) in [6, 6.07) is 4.68. The number of fused-ring (bicyclic) bond motifs is 3. The van der Waals surface area contributed by atoms with E-state index in [0.29, 0.717) is 22.9 Å². The van der Waals surface area contributed by atoms with E-state index in [9.17, 15) is 9.90 Å². The van der Waals surface area contributed by atoms with Crippen molar-refractivity contribution in [1.82, 2.24) is 5.32 Å². The predicted molar refractivity (Wildman–Crippen MR) is 76.8 cm³/mol. The van der Waals surface area contributed by atoms with Crippen molar-refractivity contribution in [1.29, 1.82) is 0 Å². The number of carbonyl (C=O) groups excluding carboxylic acids is 1. The van der Waals surface area contributed by atoms with Gasteiger partial charge >= 0.3 is 5.97 Å². The van der Waals surface area contributed by atoms with Gasteiger partial charge in [-0.05, 0) is 13.0 Å². The molecule has 0 saturated carbocycles. The SMILES string of the molecule is CCOC(=O)[C@@H]1C[C@@]2(O)c3cccc(Cl)c3N(C)O[C@H]2N1. The zero-order valence-corrected chi connectivity index (χ0v) is 12.6. The molecule has 21 heavy (non-hydrogen) atoms. The van der Waals surface area contributed by atoms with Gasteiger partial charge in [-0.15, -0.1) is 0 Å². The van der Waals surface area contributed by atoms with Crippen LogP contribution < -0.4 is 10.4 Å². The third-order valence-electron chi connectivity index (χ3n) is 3.90. The van der Waals surface area contributed by atoms with E-state index in [1.807, 2.05) is 0 Å². The van der Waals surface area contributed by atoms with Gasteiger partial charge in [-0.3, -0.25) is 20.0 Å². The number of nitrogens with zero attached hydrogens (tertiary/aromatic N) is 1. The van der Waals surface area contributed by atoms with Crippen LogP contribution in [0.3, 0.4) is 0 Å². The Bertz CT molecular complexity index is 582. The molecule has 1 aromatic rings. The second kappa shape index (κ2) is 5.14. The number of anilines is 1. The highest BCUT2D eigenvalue weighted by Crippen LogP contribution is 2.47. The minimum absolute atomic E-state index is 0.178. The maximum Gasteiger partial charge on any atom is 0.323 e. The number of nitrogens with one attached hydrogen (secondary N) is 1. The Morgan fingerprint density at radius 3 is 3.14 bits per heavy atom. The fourth-order valence-corrected chi connectivity index (χ4v) is 3.25. The van der Waals surface area contributed by atoms with Crippen molar-refractivity contribution in [2.45, 2.75) is 31.2 Å². The topological polar surface area (TPSA) is 71.0 Å². The standard InChI is InChI=1S/C14H17ClN2O4/c1-3-20-12(18)10-7-14(19)8-5-4-6-9(15)11(8)17(2)21-13(14)16-10/h4-6,10,13,16,19H,3,7H2,1-2H3/t10-,13+,14+/m0/s1. The van der Waals surface area contributed by atoms with E-state index >= 15 is 0 Å². The molecule has 1 aromatic carbocycles. The molecule has 2 aliphatic rings. The van der Waals surface area contributed by atoms with Gasteiger partial charge in [0, 0.05) is 19.0 Å². The monoisotopic (exact) mass is 312 g/mol. The molecule has 2 heterocycles. The average Bonchev–Trinajstić information content (AvgIpc) is 2.78. The molecule has 0 bridgehead atoms. The summed E-state index contributed by atoms with van der Waals surface area (Å²) in [6.45, 7) is 2.04. The van der Waals surface area contributed by atoms with E-state index in [0.717, 1.165) is 0 Å². The van der Waals surface area contributed by atoms with E-state index in [1.54, 1.807) is 32.2 Å². The van der Waals surface area contributed by atoms with E-state index in [2.05, 4.69) is 5.32 Å². The Morgan fingerprint density at radius 1 is 1.67 bits per heavy atom. The van der Waals surface area contributed by atoms with Crippen LogP contribution in [-0.2, 0) is 20.0 Å². The maximum absolute atomic E-state index is 11.9. The summed E-state index contributed by atoms with van der Waals surface area (Å²) < 4.78 is 5.01. The molecule has 0 spiro atoms. The summed E-state index contributed by atoms with van der Waals surface area (Å²) in [6.07, 6.45) is -0.541. The number of benzene rings is 1. The van der Waals surface area contributed by atoms with Crippen LogP contribution >= 0.6 is 11.6 Å². The normalized spacial score (nSPS) is 30.8. The number of esters is 1. The molecule has 3 rings (SSSR count). The molecule has 0 radical (unpaired) electrons. The van der Waals surface area contributed by atoms with E-state index in [1.165, 1.54) is 5.06 Å². The Kier molecular flexibility index (Phi) is 3.57. The summed E-state index contributed by atoms with van der Waals surface area (Å²) in [4.78, 5) is 17.6. The highest BCUT2D eigenvalue weighted by molar-refractivity contribution is 6.33. The first-order valence-electron chi connectivity index (χ1n) is 6.82. The van der Waals surface area contributed by atoms with E-state index in [4.69, 9.17) is 21.2 Å². The molecular weight excluding hydrogens is 296 g/mol. The third-order valence-corrected chi connectivity index (χ3v) is 4.21. The highest BCUT2D eigenvalue weighted by Gasteiger charge is 2.55. The Balaban J connectivity index is 1.98. The minimum Gasteiger partial charge on any atom is -0.465 e. The summed E-state index contributed by atoms with van der Waals surface area (Å²) in [5.41, 5.74) is -0.0539. The third kappa shape index (κ3) is 2.19. The lowest BCUT2D eigenvalue weighted by molar-refractivity contribution is -0.145. The van der Waals surface area contributed by atoms with Gasteiger partial charge in [0.1, 0.15) is 11.6 Å². The summed E-state index contributed by atoms with van der Waals surface area (Å²) in [7, 11) is 1.71. The van der Waals surface area contributed by atoms with Crippen LogP contribution in [0.1, 0.15) is 18.9 Å². The molecule has 2 aliphatic heterocycles. The molecule has 1 saturated heterocycles. The van der Waals surface area contributed by atoms with Crippen molar-refractivity contribution >= 4 is 23.3 Å². The fourth-order valence-electron chi connectivity index (χ4n) is 2.96. The number of para-hydroxylation sites is 1. The summed E-state index contributed by atoms with van der Waals surface area (Å²) in [5, 5.41) is 16.0. The molecule has 2 N–H and O–H groups in total. The highest BCUT2D eigenvalue weighted by atomic mass is 35.5. The van der Waals surface area contributed by atoms with Crippen LogP contribution in [0.15, 0.2) is 18.2 Å². The number of halogens is 1. The number of carbonyl (C=O) groups is 1. The molecule has 3 atom stereocenters. The van der Waals surface area contributed by atoms with Crippen molar-refractivity contribution < 1.29 is 19.5 Å². The number of rotatable bonds is 2. The van der Waals surface area contributed by atoms with Crippen LogP contribution in [0.4, 0.5) is 5.69 Å². The second-order valence-corrected chi connectivity index (χ2v) is 5.63. The van der Waals surface area contributed by atoms with Crippen LogP contribution in [0.25, 0.3) is 0 Å². The fraction of sp³-hybridized carbons (Fsp3) is 0.500. The lowest BCUT2D eigenvalue weighted by Crippen LogP contribution is -2.51. The first kappa shape index (κ1) is 14.6. The van der Waals surface area contributed by atoms with Crippen LogP contribution in [0.2, 0.25) is 5.02 Å². The maximum atomic E-state index is 11.9. The largest absolute Gasteiger partial charge is 0.465 e. The van der Waals surface area contributed by atoms with Gasteiger partial charge < -0.3 is 9.84 Å². The van der Waals surface area contributed by atoms with Gasteiger partial charge in [0.25, 0.3) is 0 Å². The molecule has 6 nitrogen and oxygen atoms in total. The Hall–Kier alpha value is -1.34. The lowest BCUT2D eigenvalue weighted by atomic mass is 9.87. The van der Waals surface area contributed by atoms with Gasteiger partial charge in [0.15, 0.2) is 6.23 Å². The lowest BCUT2D eigenvalue weighted by Gasteiger charge is -2.40. The minimum atomic E-state index is -1.32. The van der Waals surface area contributed by atoms with Gasteiger partial charge in [0.05, 0.1) is 17.3 Å². The first-order valence-corrected chi connectivity index (χ1v) is 7.19. The van der Waals surface area contributed by atoms with Gasteiger partial charge in [-0.1, -0.05) is 23.7 Å². The van der Waals surface area contributed by atoms with Crippen molar-refractivity contribution in [2.75, 3.05) is 18.7 Å². The quantitative estimate of drug-likeness (QED) is 0.799. The average molecular weight is 313 g/mol. The summed E-state index contributed by atoms with van der Waals surface area (Å²) >= 11 is 6.19. The van der Waals surface area contributed by atoms with Crippen LogP contribution in [-0.4, -0.2) is 37.0 Å². The number of ether oxygens (including phenoxy) is 1. The molecule has 0 aliphatic carbocycles. The number of aliphatic hydroxyl groups is 1. The van der Waals surface area contributed by atoms with Crippen molar-refractivity contribution in [3.63, 3.8) is 0 Å². The smallest absolute Gasteiger partial charge is 0.323 e. The molecule has 0 aromatic heterocycles. The first-order chi connectivity index (χ1) is 9.97. The van der Waals surface area contributed by atoms with E-state index < -0.39 is 23.8 Å². The molecule has 1 fully saturated rings. The van der Waals surface area contributed by atoms with E-state index in [-0.39, 0.29) is 6.42 Å². The molecule has 0 unspecified atom stereocenters. The van der Waals surface area contributed by atoms with Crippen molar-refractivity contribution in [2.24, 2.45) is 0 Å². The second-order valence-electron chi connectivity index (χ2n) is 5.22. The zero-order valence-electron chi connectivity index (χ0n) is 11.8. The number of hydroxylamine groups is 1. The zero-order chi connectivity index (χ0) is 15.2. The predicted octanol–water partition coefficient (Wildman–Crippen LogP) is 1.16. The van der Waals surface area contributed by atoms with Gasteiger partial charge in [-0.25, -0.2) is 0 Å². The van der Waals surface area contributed by atoms with Crippen LogP contribution in [0, 0.1) is 0 Å². The van der Waals surface area contributed by atoms with Crippen molar-refractivity contribution in [3.8, 4) is 0 Å². The van der Waals surface area contributed by atoms with Crippen molar-refractivity contribution in [3.05, 3.63) is 28.8 Å². The molecule has 114 valence electrons.